The average molecular weight is 196 g/mol. The molecule has 78 valence electrons. The number of hydrogen-bond donors (Lipinski definition) is 2. The molecule has 1 heterocycles. The maximum Gasteiger partial charge on any atom is 0.241 e. The molecule has 0 aliphatic carbocycles. The lowest BCUT2D eigenvalue weighted by Gasteiger charge is -2.11. The van der Waals surface area contributed by atoms with Crippen LogP contribution >= 0.6 is 0 Å². The van der Waals surface area contributed by atoms with Crippen molar-refractivity contribution >= 4 is 5.91 Å². The van der Waals surface area contributed by atoms with Crippen LogP contribution in [0.5, 0.6) is 0 Å². The summed E-state index contributed by atoms with van der Waals surface area (Å²) in [6, 6.07) is 2.08. The lowest BCUT2D eigenvalue weighted by Crippen LogP contribution is -2.38. The van der Waals surface area contributed by atoms with Gasteiger partial charge in [0.15, 0.2) is 0 Å². The fourth-order valence-electron chi connectivity index (χ4n) is 0.966. The van der Waals surface area contributed by atoms with Crippen LogP contribution in [0.25, 0.3) is 0 Å². The molecule has 1 atom stereocenters. The van der Waals surface area contributed by atoms with Gasteiger partial charge >= 0.3 is 0 Å². The van der Waals surface area contributed by atoms with Crippen LogP contribution in [-0.2, 0) is 11.3 Å². The SMILES string of the molecule is CNC(C)CNC(=O)Cn1cccn1. The largest absolute Gasteiger partial charge is 0.353 e. The van der Waals surface area contributed by atoms with Crippen molar-refractivity contribution in [1.82, 2.24) is 20.4 Å². The monoisotopic (exact) mass is 196 g/mol. The Morgan fingerprint density at radius 3 is 3.00 bits per heavy atom. The molecule has 1 aromatic heterocycles. The summed E-state index contributed by atoms with van der Waals surface area (Å²) in [7, 11) is 1.87. The maximum absolute atomic E-state index is 11.3. The Hall–Kier alpha value is -1.36. The second-order valence-electron chi connectivity index (χ2n) is 3.20. The average Bonchev–Trinajstić information content (AvgIpc) is 2.66. The Morgan fingerprint density at radius 1 is 1.64 bits per heavy atom. The van der Waals surface area contributed by atoms with E-state index in [2.05, 4.69) is 15.7 Å². The van der Waals surface area contributed by atoms with Gasteiger partial charge in [0.1, 0.15) is 6.54 Å². The van der Waals surface area contributed by atoms with E-state index < -0.39 is 0 Å². The van der Waals surface area contributed by atoms with Gasteiger partial charge in [-0.05, 0) is 20.0 Å². The highest BCUT2D eigenvalue weighted by Gasteiger charge is 2.03. The molecule has 1 unspecified atom stereocenters. The number of hydrogen-bond acceptors (Lipinski definition) is 3. The summed E-state index contributed by atoms with van der Waals surface area (Å²) in [4.78, 5) is 11.3. The molecule has 1 aromatic rings. The van der Waals surface area contributed by atoms with Gasteiger partial charge in [0, 0.05) is 25.0 Å². The summed E-state index contributed by atoms with van der Waals surface area (Å²) in [5, 5.41) is 9.80. The topological polar surface area (TPSA) is 58.9 Å². The summed E-state index contributed by atoms with van der Waals surface area (Å²) in [6.45, 7) is 2.92. The van der Waals surface area contributed by atoms with Gasteiger partial charge in [-0.1, -0.05) is 0 Å². The van der Waals surface area contributed by atoms with Gasteiger partial charge in [0.05, 0.1) is 0 Å². The summed E-state index contributed by atoms with van der Waals surface area (Å²) in [6.07, 6.45) is 3.42. The molecule has 5 nitrogen and oxygen atoms in total. The number of carbonyl (C=O) groups excluding carboxylic acids is 1. The maximum atomic E-state index is 11.3. The lowest BCUT2D eigenvalue weighted by atomic mass is 10.3. The zero-order valence-electron chi connectivity index (χ0n) is 8.53. The van der Waals surface area contributed by atoms with E-state index in [4.69, 9.17) is 0 Å². The highest BCUT2D eigenvalue weighted by molar-refractivity contribution is 5.75. The van der Waals surface area contributed by atoms with E-state index in [1.165, 1.54) is 0 Å². The Bertz CT molecular complexity index is 270. The van der Waals surface area contributed by atoms with Crippen LogP contribution in [0.4, 0.5) is 0 Å². The van der Waals surface area contributed by atoms with Gasteiger partial charge in [-0.3, -0.25) is 9.48 Å². The van der Waals surface area contributed by atoms with Gasteiger partial charge in [0.2, 0.25) is 5.91 Å². The number of likely N-dealkylation sites (N-methyl/N-ethyl adjacent to an activating group) is 1. The summed E-state index contributed by atoms with van der Waals surface area (Å²) in [5.41, 5.74) is 0. The van der Waals surface area contributed by atoms with Crippen molar-refractivity contribution in [2.75, 3.05) is 13.6 Å². The van der Waals surface area contributed by atoms with E-state index in [0.29, 0.717) is 6.54 Å². The van der Waals surface area contributed by atoms with Crippen LogP contribution < -0.4 is 10.6 Å². The Balaban J connectivity index is 2.23. The Labute approximate surface area is 83.5 Å². The number of nitrogens with one attached hydrogen (secondary N) is 2. The first kappa shape index (κ1) is 10.7. The molecule has 1 rings (SSSR count). The molecule has 0 fully saturated rings. The van der Waals surface area contributed by atoms with Crippen LogP contribution in [0, 0.1) is 0 Å². The molecule has 14 heavy (non-hydrogen) atoms. The number of rotatable bonds is 5. The van der Waals surface area contributed by atoms with Crippen molar-refractivity contribution in [1.29, 1.82) is 0 Å². The molecule has 0 aliphatic rings. The standard InChI is InChI=1S/C9H16N4O/c1-8(10-2)6-11-9(14)7-13-5-3-4-12-13/h3-5,8,10H,6-7H2,1-2H3,(H,11,14). The van der Waals surface area contributed by atoms with E-state index in [-0.39, 0.29) is 18.5 Å². The third-order valence-electron chi connectivity index (χ3n) is 1.96. The molecule has 0 bridgehead atoms. The summed E-state index contributed by atoms with van der Waals surface area (Å²) >= 11 is 0. The van der Waals surface area contributed by atoms with Crippen LogP contribution in [0.1, 0.15) is 6.92 Å². The second-order valence-corrected chi connectivity index (χ2v) is 3.20. The molecular formula is C9H16N4O. The van der Waals surface area contributed by atoms with Crippen molar-refractivity contribution in [2.45, 2.75) is 19.5 Å². The van der Waals surface area contributed by atoms with Crippen LogP contribution in [0.3, 0.4) is 0 Å². The summed E-state index contributed by atoms with van der Waals surface area (Å²) < 4.78 is 1.60. The molecule has 1 amide bonds. The molecule has 5 heteroatoms. The molecule has 2 N–H and O–H groups in total. The van der Waals surface area contributed by atoms with Crippen molar-refractivity contribution in [2.24, 2.45) is 0 Å². The van der Waals surface area contributed by atoms with Gasteiger partial charge in [-0.15, -0.1) is 0 Å². The first-order chi connectivity index (χ1) is 6.72. The number of amides is 1. The van der Waals surface area contributed by atoms with Crippen molar-refractivity contribution in [3.8, 4) is 0 Å². The van der Waals surface area contributed by atoms with Gasteiger partial charge in [-0.2, -0.15) is 5.10 Å². The van der Waals surface area contributed by atoms with Crippen LogP contribution in [0.15, 0.2) is 18.5 Å². The minimum absolute atomic E-state index is 0.0178. The van der Waals surface area contributed by atoms with E-state index in [1.807, 2.05) is 14.0 Å². The fourth-order valence-corrected chi connectivity index (χ4v) is 0.966. The van der Waals surface area contributed by atoms with Crippen LogP contribution in [-0.4, -0.2) is 35.3 Å². The molecule has 0 radical (unpaired) electrons. The normalized spacial score (nSPS) is 12.4. The third-order valence-corrected chi connectivity index (χ3v) is 1.96. The smallest absolute Gasteiger partial charge is 0.241 e. The van der Waals surface area contributed by atoms with Gasteiger partial charge in [-0.25, -0.2) is 0 Å². The van der Waals surface area contributed by atoms with Crippen molar-refractivity contribution < 1.29 is 4.79 Å². The van der Waals surface area contributed by atoms with E-state index >= 15 is 0 Å². The molecule has 0 spiro atoms. The number of aromatic nitrogens is 2. The van der Waals surface area contributed by atoms with Crippen LogP contribution in [0.2, 0.25) is 0 Å². The zero-order chi connectivity index (χ0) is 10.4. The van der Waals surface area contributed by atoms with E-state index in [9.17, 15) is 4.79 Å². The highest BCUT2D eigenvalue weighted by atomic mass is 16.2. The van der Waals surface area contributed by atoms with Crippen molar-refractivity contribution in [3.05, 3.63) is 18.5 Å². The summed E-state index contributed by atoms with van der Waals surface area (Å²) in [5.74, 6) is -0.0178. The third kappa shape index (κ3) is 3.57. The number of nitrogens with zero attached hydrogens (tertiary/aromatic N) is 2. The van der Waals surface area contributed by atoms with Gasteiger partial charge < -0.3 is 10.6 Å². The first-order valence-electron chi connectivity index (χ1n) is 4.63. The fraction of sp³-hybridized carbons (Fsp3) is 0.556. The Kier molecular flexibility index (Phi) is 4.12. The van der Waals surface area contributed by atoms with Gasteiger partial charge in [0.25, 0.3) is 0 Å². The molecular weight excluding hydrogens is 180 g/mol. The Morgan fingerprint density at radius 2 is 2.43 bits per heavy atom. The molecule has 0 saturated carbocycles. The highest BCUT2D eigenvalue weighted by Crippen LogP contribution is 1.84. The minimum atomic E-state index is -0.0178. The first-order valence-corrected chi connectivity index (χ1v) is 4.63. The lowest BCUT2D eigenvalue weighted by molar-refractivity contribution is -0.121. The molecule has 0 aliphatic heterocycles. The zero-order valence-corrected chi connectivity index (χ0v) is 8.53. The minimum Gasteiger partial charge on any atom is -0.353 e. The number of carbonyl (C=O) groups is 1. The quantitative estimate of drug-likeness (QED) is 0.674. The van der Waals surface area contributed by atoms with Crippen molar-refractivity contribution in [3.63, 3.8) is 0 Å². The van der Waals surface area contributed by atoms with E-state index in [0.717, 1.165) is 0 Å². The van der Waals surface area contributed by atoms with E-state index in [1.54, 1.807) is 23.1 Å². The second kappa shape index (κ2) is 5.39. The predicted octanol–water partition coefficient (Wildman–Crippen LogP) is -0.393. The molecule has 0 saturated heterocycles. The molecule has 0 aromatic carbocycles. The predicted molar refractivity (Wildman–Crippen MR) is 53.8 cm³/mol.